The number of carbonyl (C=O) groups is 1. The summed E-state index contributed by atoms with van der Waals surface area (Å²) >= 11 is 1.40. The number of hydrogen-bond acceptors (Lipinski definition) is 6. The van der Waals surface area contributed by atoms with E-state index in [4.69, 9.17) is 4.74 Å². The Labute approximate surface area is 159 Å². The van der Waals surface area contributed by atoms with Crippen molar-refractivity contribution in [2.75, 3.05) is 12.4 Å². The number of aryl methyl sites for hydroxylation is 1. The van der Waals surface area contributed by atoms with Gasteiger partial charge in [-0.3, -0.25) is 20.1 Å². The van der Waals surface area contributed by atoms with E-state index in [-0.39, 0.29) is 5.91 Å². The number of amides is 1. The number of fused-ring (bicyclic) bond motifs is 1. The molecule has 7 heteroatoms. The predicted octanol–water partition coefficient (Wildman–Crippen LogP) is 4.32. The van der Waals surface area contributed by atoms with Gasteiger partial charge in [0, 0.05) is 29.2 Å². The first-order chi connectivity index (χ1) is 13.2. The first kappa shape index (κ1) is 17.1. The molecule has 3 heterocycles. The van der Waals surface area contributed by atoms with Crippen molar-refractivity contribution in [3.8, 4) is 16.9 Å². The predicted molar refractivity (Wildman–Crippen MR) is 106 cm³/mol. The molecule has 0 fully saturated rings. The molecule has 134 valence electrons. The van der Waals surface area contributed by atoms with E-state index in [0.717, 1.165) is 27.0 Å². The number of thiazole rings is 1. The number of benzene rings is 1. The first-order valence-corrected chi connectivity index (χ1v) is 9.09. The molecule has 0 radical (unpaired) electrons. The van der Waals surface area contributed by atoms with E-state index >= 15 is 0 Å². The molecule has 0 atom stereocenters. The molecule has 0 aliphatic heterocycles. The molecule has 0 saturated carbocycles. The monoisotopic (exact) mass is 376 g/mol. The average molecular weight is 376 g/mol. The fourth-order valence-electron chi connectivity index (χ4n) is 2.83. The summed E-state index contributed by atoms with van der Waals surface area (Å²) in [7, 11) is 1.61. The van der Waals surface area contributed by atoms with E-state index in [1.807, 2.05) is 43.3 Å². The minimum Gasteiger partial charge on any atom is -0.496 e. The van der Waals surface area contributed by atoms with Crippen LogP contribution in [-0.2, 0) is 0 Å². The number of para-hydroxylation sites is 1. The number of methoxy groups -OCH3 is 1. The SMILES string of the molecule is COc1ccccc1-c1cc(C)ncc1C(=O)Nc1nc2cnccc2s1. The van der Waals surface area contributed by atoms with Crippen LogP contribution in [0.5, 0.6) is 5.75 Å². The Balaban J connectivity index is 1.73. The van der Waals surface area contributed by atoms with Crippen LogP contribution < -0.4 is 10.1 Å². The van der Waals surface area contributed by atoms with Crippen molar-refractivity contribution in [1.82, 2.24) is 15.0 Å². The minimum atomic E-state index is -0.268. The highest BCUT2D eigenvalue weighted by Gasteiger charge is 2.18. The third-order valence-corrected chi connectivity index (χ3v) is 5.04. The Morgan fingerprint density at radius 2 is 2.00 bits per heavy atom. The van der Waals surface area contributed by atoms with Crippen LogP contribution in [0.2, 0.25) is 0 Å². The maximum atomic E-state index is 13.0. The fraction of sp³-hybridized carbons (Fsp3) is 0.100. The van der Waals surface area contributed by atoms with Crippen molar-refractivity contribution in [3.63, 3.8) is 0 Å². The highest BCUT2D eigenvalue weighted by Crippen LogP contribution is 2.33. The van der Waals surface area contributed by atoms with Crippen LogP contribution in [0, 0.1) is 6.92 Å². The average Bonchev–Trinajstić information content (AvgIpc) is 3.10. The highest BCUT2D eigenvalue weighted by atomic mass is 32.1. The lowest BCUT2D eigenvalue weighted by Crippen LogP contribution is -2.14. The molecule has 27 heavy (non-hydrogen) atoms. The third-order valence-electron chi connectivity index (χ3n) is 4.09. The lowest BCUT2D eigenvalue weighted by Gasteiger charge is -2.13. The summed E-state index contributed by atoms with van der Waals surface area (Å²) in [6.07, 6.45) is 4.96. The number of hydrogen-bond donors (Lipinski definition) is 1. The van der Waals surface area contributed by atoms with Crippen molar-refractivity contribution in [2.24, 2.45) is 0 Å². The molecule has 1 amide bonds. The highest BCUT2D eigenvalue weighted by molar-refractivity contribution is 7.22. The molecule has 4 aromatic rings. The maximum absolute atomic E-state index is 13.0. The second kappa shape index (κ2) is 7.13. The van der Waals surface area contributed by atoms with E-state index in [9.17, 15) is 4.79 Å². The standard InChI is InChI=1S/C20H16N4O2S/c1-12-9-14(13-5-3-4-6-17(13)26-2)15(10-22-12)19(25)24-20-23-16-11-21-8-7-18(16)27-20/h3-11H,1-2H3,(H,23,24,25). The Kier molecular flexibility index (Phi) is 4.52. The van der Waals surface area contributed by atoms with Crippen LogP contribution in [0.1, 0.15) is 16.1 Å². The van der Waals surface area contributed by atoms with Crippen molar-refractivity contribution in [1.29, 1.82) is 0 Å². The number of pyridine rings is 2. The van der Waals surface area contributed by atoms with Gasteiger partial charge < -0.3 is 4.74 Å². The summed E-state index contributed by atoms with van der Waals surface area (Å²) in [4.78, 5) is 25.7. The van der Waals surface area contributed by atoms with Crippen molar-refractivity contribution in [2.45, 2.75) is 6.92 Å². The van der Waals surface area contributed by atoms with Crippen LogP contribution in [0.15, 0.2) is 55.0 Å². The minimum absolute atomic E-state index is 0.268. The smallest absolute Gasteiger partial charge is 0.259 e. The molecule has 0 aliphatic rings. The summed E-state index contributed by atoms with van der Waals surface area (Å²) in [5.74, 6) is 0.429. The van der Waals surface area contributed by atoms with Crippen LogP contribution in [0.25, 0.3) is 21.3 Å². The summed E-state index contributed by atoms with van der Waals surface area (Å²) in [5, 5.41) is 3.40. The summed E-state index contributed by atoms with van der Waals surface area (Å²) < 4.78 is 6.43. The molecule has 0 spiro atoms. The van der Waals surface area contributed by atoms with Gasteiger partial charge in [-0.05, 0) is 25.1 Å². The lowest BCUT2D eigenvalue weighted by atomic mass is 9.99. The second-order valence-electron chi connectivity index (χ2n) is 5.89. The maximum Gasteiger partial charge on any atom is 0.259 e. The third kappa shape index (κ3) is 3.37. The molecule has 4 rings (SSSR count). The molecular weight excluding hydrogens is 360 g/mol. The molecule has 0 saturated heterocycles. The first-order valence-electron chi connectivity index (χ1n) is 8.27. The zero-order valence-electron chi connectivity index (χ0n) is 14.8. The summed E-state index contributed by atoms with van der Waals surface area (Å²) in [6, 6.07) is 11.4. The van der Waals surface area contributed by atoms with Gasteiger partial charge in [-0.2, -0.15) is 0 Å². The van der Waals surface area contributed by atoms with Gasteiger partial charge in [-0.15, -0.1) is 0 Å². The number of ether oxygens (including phenoxy) is 1. The normalized spacial score (nSPS) is 10.7. The number of rotatable bonds is 4. The van der Waals surface area contributed by atoms with Gasteiger partial charge in [0.25, 0.3) is 5.91 Å². The van der Waals surface area contributed by atoms with Crippen LogP contribution in [0.3, 0.4) is 0 Å². The topological polar surface area (TPSA) is 77.0 Å². The van der Waals surface area contributed by atoms with Gasteiger partial charge in [-0.1, -0.05) is 29.5 Å². The van der Waals surface area contributed by atoms with Crippen molar-refractivity contribution >= 4 is 32.6 Å². The number of anilines is 1. The van der Waals surface area contributed by atoms with E-state index < -0.39 is 0 Å². The molecule has 3 aromatic heterocycles. The van der Waals surface area contributed by atoms with Gasteiger partial charge >= 0.3 is 0 Å². The molecular formula is C20H16N4O2S. The molecule has 0 bridgehead atoms. The zero-order chi connectivity index (χ0) is 18.8. The van der Waals surface area contributed by atoms with Gasteiger partial charge in [0.05, 0.1) is 23.6 Å². The van der Waals surface area contributed by atoms with E-state index in [2.05, 4.69) is 20.3 Å². The quantitative estimate of drug-likeness (QED) is 0.574. The molecule has 0 aliphatic carbocycles. The Morgan fingerprint density at radius 1 is 1.15 bits per heavy atom. The molecule has 1 aromatic carbocycles. The van der Waals surface area contributed by atoms with Crippen molar-refractivity contribution in [3.05, 3.63) is 66.2 Å². The van der Waals surface area contributed by atoms with Crippen LogP contribution in [0.4, 0.5) is 5.13 Å². The Hall–Kier alpha value is -3.32. The lowest BCUT2D eigenvalue weighted by molar-refractivity contribution is 0.102. The number of aromatic nitrogens is 3. The Bertz CT molecular complexity index is 1110. The Morgan fingerprint density at radius 3 is 2.81 bits per heavy atom. The van der Waals surface area contributed by atoms with E-state index in [1.54, 1.807) is 25.7 Å². The molecule has 0 unspecified atom stereocenters. The van der Waals surface area contributed by atoms with Crippen molar-refractivity contribution < 1.29 is 9.53 Å². The summed E-state index contributed by atoms with van der Waals surface area (Å²) in [5.41, 5.74) is 3.63. The second-order valence-corrected chi connectivity index (χ2v) is 6.92. The van der Waals surface area contributed by atoms with E-state index in [1.165, 1.54) is 11.3 Å². The van der Waals surface area contributed by atoms with Crippen LogP contribution >= 0.6 is 11.3 Å². The summed E-state index contributed by atoms with van der Waals surface area (Å²) in [6.45, 7) is 1.89. The van der Waals surface area contributed by atoms with Gasteiger partial charge in [0.1, 0.15) is 11.3 Å². The molecule has 6 nitrogen and oxygen atoms in total. The molecule has 1 N–H and O–H groups in total. The number of nitrogens with zero attached hydrogens (tertiary/aromatic N) is 3. The van der Waals surface area contributed by atoms with Gasteiger partial charge in [0.2, 0.25) is 0 Å². The zero-order valence-corrected chi connectivity index (χ0v) is 15.6. The van der Waals surface area contributed by atoms with Gasteiger partial charge in [-0.25, -0.2) is 4.98 Å². The number of nitrogens with one attached hydrogen (secondary N) is 1. The van der Waals surface area contributed by atoms with Gasteiger partial charge in [0.15, 0.2) is 5.13 Å². The van der Waals surface area contributed by atoms with Crippen LogP contribution in [-0.4, -0.2) is 28.0 Å². The van der Waals surface area contributed by atoms with E-state index in [0.29, 0.717) is 16.4 Å². The number of carbonyl (C=O) groups excluding carboxylic acids is 1. The fourth-order valence-corrected chi connectivity index (χ4v) is 3.66. The largest absolute Gasteiger partial charge is 0.496 e.